The summed E-state index contributed by atoms with van der Waals surface area (Å²) in [6.45, 7) is 10.6. The molecule has 0 radical (unpaired) electrons. The first-order valence-corrected chi connectivity index (χ1v) is 11.2. The summed E-state index contributed by atoms with van der Waals surface area (Å²) in [6, 6.07) is 9.62. The number of hydrogen-bond donors (Lipinski definition) is 0. The van der Waals surface area contributed by atoms with Crippen LogP contribution in [0.1, 0.15) is 33.7 Å². The van der Waals surface area contributed by atoms with Crippen LogP contribution in [0.5, 0.6) is 11.5 Å². The van der Waals surface area contributed by atoms with E-state index in [1.54, 1.807) is 18.2 Å². The van der Waals surface area contributed by atoms with Gasteiger partial charge in [-0.05, 0) is 30.7 Å². The van der Waals surface area contributed by atoms with Crippen LogP contribution >= 0.6 is 0 Å². The Morgan fingerprint density at radius 1 is 0.750 bits per heavy atom. The van der Waals surface area contributed by atoms with Gasteiger partial charge in [0.1, 0.15) is 13.2 Å². The lowest BCUT2D eigenvalue weighted by molar-refractivity contribution is -0.707. The van der Waals surface area contributed by atoms with Crippen LogP contribution in [0.25, 0.3) is 0 Å². The number of aryl methyl sites for hydroxylation is 3. The molecule has 0 saturated heterocycles. The standard InChI is InChI=1S/C25H34NO6/c1-19-16-20(2)26(21(3)17-19)7-6-23(27)22-4-5-24-25(18-22)32-15-13-30-11-9-28-8-10-29-12-14-31-24/h4-5,16-18H,6-15H2,1-3H3/q+1. The first-order chi connectivity index (χ1) is 15.5. The Morgan fingerprint density at radius 2 is 1.28 bits per heavy atom. The molecule has 0 fully saturated rings. The molecule has 0 amide bonds. The Kier molecular flexibility index (Phi) is 9.46. The van der Waals surface area contributed by atoms with E-state index in [1.807, 2.05) is 0 Å². The lowest BCUT2D eigenvalue weighted by atomic mass is 10.1. The summed E-state index contributed by atoms with van der Waals surface area (Å²) < 4.78 is 30.3. The van der Waals surface area contributed by atoms with Crippen molar-refractivity contribution in [3.05, 3.63) is 52.8 Å². The highest BCUT2D eigenvalue weighted by molar-refractivity contribution is 5.96. The number of hydrogen-bond acceptors (Lipinski definition) is 6. The van der Waals surface area contributed by atoms with Crippen LogP contribution in [-0.2, 0) is 20.8 Å². The van der Waals surface area contributed by atoms with Crippen molar-refractivity contribution < 1.29 is 33.0 Å². The molecule has 1 aromatic heterocycles. The van der Waals surface area contributed by atoms with Gasteiger partial charge in [-0.25, -0.2) is 0 Å². The van der Waals surface area contributed by atoms with E-state index in [2.05, 4.69) is 37.5 Å². The number of aromatic nitrogens is 1. The molecule has 32 heavy (non-hydrogen) atoms. The fourth-order valence-corrected chi connectivity index (χ4v) is 3.72. The number of benzene rings is 1. The Balaban J connectivity index is 1.67. The zero-order chi connectivity index (χ0) is 22.8. The summed E-state index contributed by atoms with van der Waals surface area (Å²) in [6.07, 6.45) is 0.409. The fraction of sp³-hybridized carbons (Fsp3) is 0.520. The normalized spacial score (nSPS) is 16.1. The summed E-state index contributed by atoms with van der Waals surface area (Å²) >= 11 is 0. The molecular formula is C25H34NO6+. The monoisotopic (exact) mass is 444 g/mol. The molecule has 0 bridgehead atoms. The average Bonchev–Trinajstić information content (AvgIpc) is 2.77. The second kappa shape index (κ2) is 12.5. The van der Waals surface area contributed by atoms with E-state index in [0.29, 0.717) is 82.9 Å². The Hall–Kier alpha value is -2.48. The molecule has 7 nitrogen and oxygen atoms in total. The van der Waals surface area contributed by atoms with E-state index < -0.39 is 0 Å². The van der Waals surface area contributed by atoms with Gasteiger partial charge in [-0.15, -0.1) is 0 Å². The smallest absolute Gasteiger partial charge is 0.178 e. The molecule has 1 aliphatic rings. The SMILES string of the molecule is Cc1cc(C)[n+](CCC(=O)c2ccc3c(c2)OCCOCCOCCOCCO3)c(C)c1. The predicted octanol–water partition coefficient (Wildman–Crippen LogP) is 2.99. The highest BCUT2D eigenvalue weighted by Gasteiger charge is 2.17. The number of pyridine rings is 1. The maximum absolute atomic E-state index is 12.9. The van der Waals surface area contributed by atoms with E-state index in [-0.39, 0.29) is 5.78 Å². The number of ketones is 1. The van der Waals surface area contributed by atoms with Gasteiger partial charge in [-0.2, -0.15) is 4.57 Å². The van der Waals surface area contributed by atoms with Crippen LogP contribution in [0.3, 0.4) is 0 Å². The van der Waals surface area contributed by atoms with Crippen LogP contribution < -0.4 is 14.0 Å². The molecule has 0 saturated carbocycles. The molecule has 0 unspecified atom stereocenters. The molecule has 1 aromatic carbocycles. The number of Topliss-reactive ketones (excluding diaryl/α,β-unsaturated/α-hetero) is 1. The van der Waals surface area contributed by atoms with E-state index in [4.69, 9.17) is 23.7 Å². The van der Waals surface area contributed by atoms with Crippen molar-refractivity contribution in [3.8, 4) is 11.5 Å². The molecule has 2 aromatic rings. The average molecular weight is 445 g/mol. The number of carbonyl (C=O) groups excluding carboxylic acids is 1. The Bertz CT molecular complexity index is 875. The Morgan fingerprint density at radius 3 is 1.88 bits per heavy atom. The van der Waals surface area contributed by atoms with E-state index in [1.165, 1.54) is 5.56 Å². The number of rotatable bonds is 4. The molecule has 0 atom stereocenters. The van der Waals surface area contributed by atoms with Crippen molar-refractivity contribution in [3.63, 3.8) is 0 Å². The van der Waals surface area contributed by atoms with Crippen LogP contribution in [0, 0.1) is 20.8 Å². The van der Waals surface area contributed by atoms with E-state index in [0.717, 1.165) is 11.4 Å². The van der Waals surface area contributed by atoms with Gasteiger partial charge in [0.05, 0.1) is 46.1 Å². The van der Waals surface area contributed by atoms with Crippen molar-refractivity contribution in [2.75, 3.05) is 52.9 Å². The van der Waals surface area contributed by atoms with Gasteiger partial charge in [-0.1, -0.05) is 0 Å². The predicted molar refractivity (Wildman–Crippen MR) is 120 cm³/mol. The van der Waals surface area contributed by atoms with Gasteiger partial charge in [0, 0.05) is 31.5 Å². The maximum Gasteiger partial charge on any atom is 0.178 e. The largest absolute Gasteiger partial charge is 0.487 e. The van der Waals surface area contributed by atoms with Crippen LogP contribution in [-0.4, -0.2) is 58.6 Å². The zero-order valence-corrected chi connectivity index (χ0v) is 19.4. The van der Waals surface area contributed by atoms with Gasteiger partial charge in [0.15, 0.2) is 35.2 Å². The molecule has 174 valence electrons. The molecule has 2 heterocycles. The van der Waals surface area contributed by atoms with Crippen molar-refractivity contribution >= 4 is 5.78 Å². The summed E-state index contributed by atoms with van der Waals surface area (Å²) in [5.74, 6) is 1.20. The first kappa shape index (κ1) is 24.2. The minimum absolute atomic E-state index is 0.0656. The molecule has 7 heteroatoms. The topological polar surface area (TPSA) is 67.1 Å². The summed E-state index contributed by atoms with van der Waals surface area (Å²) in [5, 5.41) is 0. The van der Waals surface area contributed by atoms with Gasteiger partial charge >= 0.3 is 0 Å². The van der Waals surface area contributed by atoms with Crippen molar-refractivity contribution in [2.45, 2.75) is 33.7 Å². The van der Waals surface area contributed by atoms with Gasteiger partial charge < -0.3 is 23.7 Å². The molecule has 0 N–H and O–H groups in total. The lowest BCUT2D eigenvalue weighted by Crippen LogP contribution is -2.41. The van der Waals surface area contributed by atoms with Crippen molar-refractivity contribution in [1.82, 2.24) is 0 Å². The maximum atomic E-state index is 12.9. The van der Waals surface area contributed by atoms with Gasteiger partial charge in [0.2, 0.25) is 0 Å². The van der Waals surface area contributed by atoms with Crippen LogP contribution in [0.15, 0.2) is 30.3 Å². The number of ether oxygens (including phenoxy) is 5. The fourth-order valence-electron chi connectivity index (χ4n) is 3.72. The number of carbonyl (C=O) groups is 1. The summed E-state index contributed by atoms with van der Waals surface area (Å²) in [4.78, 5) is 12.9. The van der Waals surface area contributed by atoms with Gasteiger partial charge in [-0.3, -0.25) is 4.79 Å². The second-order valence-corrected chi connectivity index (χ2v) is 7.84. The zero-order valence-electron chi connectivity index (χ0n) is 19.4. The minimum atomic E-state index is 0.0656. The summed E-state index contributed by atoms with van der Waals surface area (Å²) in [5.41, 5.74) is 4.14. The van der Waals surface area contributed by atoms with Gasteiger partial charge in [0.25, 0.3) is 0 Å². The molecular weight excluding hydrogens is 410 g/mol. The molecule has 0 aliphatic carbocycles. The number of nitrogens with zero attached hydrogens (tertiary/aromatic N) is 1. The molecule has 1 aliphatic heterocycles. The quantitative estimate of drug-likeness (QED) is 0.534. The van der Waals surface area contributed by atoms with E-state index in [9.17, 15) is 4.79 Å². The highest BCUT2D eigenvalue weighted by Crippen LogP contribution is 2.29. The van der Waals surface area contributed by atoms with Crippen molar-refractivity contribution in [1.29, 1.82) is 0 Å². The highest BCUT2D eigenvalue weighted by atomic mass is 16.6. The third kappa shape index (κ3) is 7.29. The first-order valence-electron chi connectivity index (χ1n) is 11.2. The second-order valence-electron chi connectivity index (χ2n) is 7.84. The minimum Gasteiger partial charge on any atom is -0.487 e. The third-order valence-electron chi connectivity index (χ3n) is 5.27. The van der Waals surface area contributed by atoms with E-state index >= 15 is 0 Å². The van der Waals surface area contributed by atoms with Crippen LogP contribution in [0.4, 0.5) is 0 Å². The molecule has 3 rings (SSSR count). The Labute approximate surface area is 190 Å². The van der Waals surface area contributed by atoms with Crippen molar-refractivity contribution in [2.24, 2.45) is 0 Å². The number of fused-ring (bicyclic) bond motifs is 1. The summed E-state index contributed by atoms with van der Waals surface area (Å²) in [7, 11) is 0. The third-order valence-corrected chi connectivity index (χ3v) is 5.27. The molecule has 0 spiro atoms. The van der Waals surface area contributed by atoms with Crippen LogP contribution in [0.2, 0.25) is 0 Å². The lowest BCUT2D eigenvalue weighted by Gasteiger charge is -2.14.